The molecule has 0 aromatic carbocycles. The van der Waals surface area contributed by atoms with Gasteiger partial charge in [-0.25, -0.2) is 18.6 Å². The minimum atomic E-state index is -2.79. The van der Waals surface area contributed by atoms with Gasteiger partial charge in [-0.2, -0.15) is 0 Å². The number of ether oxygens (including phenoxy) is 1. The van der Waals surface area contributed by atoms with E-state index in [1.165, 1.54) is 6.07 Å². The standard InChI is InChI=1S/C10H9Br2F2NO2/c1-2-17-10(16)8-7(9(13)14)6(12)3-5(4-11)15-8/h3,9H,2,4H2,1H3. The fraction of sp³-hybridized carbons (Fsp3) is 0.400. The van der Waals surface area contributed by atoms with E-state index in [1.807, 2.05) is 0 Å². The molecular formula is C10H9Br2F2NO2. The maximum atomic E-state index is 12.8. The van der Waals surface area contributed by atoms with Gasteiger partial charge in [-0.3, -0.25) is 0 Å². The molecule has 1 aromatic rings. The van der Waals surface area contributed by atoms with Crippen LogP contribution in [0.4, 0.5) is 8.78 Å². The van der Waals surface area contributed by atoms with E-state index in [9.17, 15) is 13.6 Å². The average molecular weight is 373 g/mol. The van der Waals surface area contributed by atoms with Gasteiger partial charge in [0.05, 0.1) is 17.9 Å². The lowest BCUT2D eigenvalue weighted by Gasteiger charge is -2.10. The SMILES string of the molecule is CCOC(=O)c1nc(CBr)cc(Br)c1C(F)F. The zero-order valence-electron chi connectivity index (χ0n) is 8.84. The van der Waals surface area contributed by atoms with E-state index < -0.39 is 18.0 Å². The number of pyridine rings is 1. The van der Waals surface area contributed by atoms with E-state index in [0.717, 1.165) is 0 Å². The monoisotopic (exact) mass is 371 g/mol. The number of alkyl halides is 3. The molecule has 0 unspecified atom stereocenters. The Labute approximate surface area is 114 Å². The summed E-state index contributed by atoms with van der Waals surface area (Å²) in [5.41, 5.74) is -0.303. The second kappa shape index (κ2) is 6.39. The summed E-state index contributed by atoms with van der Waals surface area (Å²) in [7, 11) is 0. The normalized spacial score (nSPS) is 10.7. The van der Waals surface area contributed by atoms with Gasteiger partial charge in [-0.15, -0.1) is 0 Å². The van der Waals surface area contributed by atoms with Crippen molar-refractivity contribution in [3.05, 3.63) is 27.5 Å². The lowest BCUT2D eigenvalue weighted by Crippen LogP contribution is -2.13. The van der Waals surface area contributed by atoms with Gasteiger partial charge >= 0.3 is 5.97 Å². The Bertz CT molecular complexity index is 427. The summed E-state index contributed by atoms with van der Waals surface area (Å²) in [6.45, 7) is 1.71. The molecular weight excluding hydrogens is 364 g/mol. The van der Waals surface area contributed by atoms with Crippen LogP contribution in [0.25, 0.3) is 0 Å². The Balaban J connectivity index is 3.32. The van der Waals surface area contributed by atoms with Crippen molar-refractivity contribution in [2.75, 3.05) is 6.61 Å². The lowest BCUT2D eigenvalue weighted by atomic mass is 10.2. The van der Waals surface area contributed by atoms with Crippen LogP contribution in [-0.2, 0) is 10.1 Å². The first-order valence-electron chi connectivity index (χ1n) is 4.71. The van der Waals surface area contributed by atoms with Gasteiger partial charge in [-0.05, 0) is 13.0 Å². The van der Waals surface area contributed by atoms with Crippen LogP contribution in [0.3, 0.4) is 0 Å². The van der Waals surface area contributed by atoms with Gasteiger partial charge in [-0.1, -0.05) is 31.9 Å². The molecule has 0 aliphatic rings. The van der Waals surface area contributed by atoms with Crippen molar-refractivity contribution in [1.29, 1.82) is 0 Å². The summed E-state index contributed by atoms with van der Waals surface area (Å²) < 4.78 is 30.5. The van der Waals surface area contributed by atoms with Gasteiger partial charge in [0, 0.05) is 9.80 Å². The quantitative estimate of drug-likeness (QED) is 0.595. The second-order valence-electron chi connectivity index (χ2n) is 3.01. The molecule has 0 saturated heterocycles. The number of esters is 1. The highest BCUT2D eigenvalue weighted by Gasteiger charge is 2.24. The zero-order chi connectivity index (χ0) is 13.0. The van der Waals surface area contributed by atoms with Crippen molar-refractivity contribution in [1.82, 2.24) is 4.98 Å². The van der Waals surface area contributed by atoms with Gasteiger partial charge in [0.1, 0.15) is 0 Å². The van der Waals surface area contributed by atoms with Gasteiger partial charge in [0.2, 0.25) is 0 Å². The number of rotatable bonds is 4. The first kappa shape index (κ1) is 14.5. The molecule has 0 amide bonds. The highest BCUT2D eigenvalue weighted by Crippen LogP contribution is 2.31. The van der Waals surface area contributed by atoms with Gasteiger partial charge < -0.3 is 4.74 Å². The van der Waals surface area contributed by atoms with Crippen molar-refractivity contribution in [2.24, 2.45) is 0 Å². The molecule has 0 aliphatic carbocycles. The predicted molar refractivity (Wildman–Crippen MR) is 65.5 cm³/mol. The number of hydrogen-bond acceptors (Lipinski definition) is 3. The number of aromatic nitrogens is 1. The van der Waals surface area contributed by atoms with Crippen LogP contribution in [-0.4, -0.2) is 17.6 Å². The van der Waals surface area contributed by atoms with Crippen LogP contribution in [0.1, 0.15) is 35.1 Å². The molecule has 94 valence electrons. The first-order valence-corrected chi connectivity index (χ1v) is 6.63. The van der Waals surface area contributed by atoms with Gasteiger partial charge in [0.25, 0.3) is 6.43 Å². The van der Waals surface area contributed by atoms with Crippen LogP contribution in [0.5, 0.6) is 0 Å². The van der Waals surface area contributed by atoms with E-state index in [0.29, 0.717) is 11.0 Å². The molecule has 17 heavy (non-hydrogen) atoms. The maximum Gasteiger partial charge on any atom is 0.357 e. The number of carbonyl (C=O) groups is 1. The minimum Gasteiger partial charge on any atom is -0.461 e. The van der Waals surface area contributed by atoms with E-state index in [-0.39, 0.29) is 16.8 Å². The fourth-order valence-corrected chi connectivity index (χ4v) is 2.12. The Morgan fingerprint density at radius 1 is 1.59 bits per heavy atom. The van der Waals surface area contributed by atoms with Crippen molar-refractivity contribution in [3.8, 4) is 0 Å². The molecule has 3 nitrogen and oxygen atoms in total. The lowest BCUT2D eigenvalue weighted by molar-refractivity contribution is 0.0507. The van der Waals surface area contributed by atoms with E-state index in [2.05, 4.69) is 36.8 Å². The molecule has 1 aromatic heterocycles. The molecule has 7 heteroatoms. The largest absolute Gasteiger partial charge is 0.461 e. The molecule has 1 rings (SSSR count). The Kier molecular flexibility index (Phi) is 5.45. The number of hydrogen-bond donors (Lipinski definition) is 0. The van der Waals surface area contributed by atoms with Crippen molar-refractivity contribution < 1.29 is 18.3 Å². The highest BCUT2D eigenvalue weighted by atomic mass is 79.9. The molecule has 0 aliphatic heterocycles. The fourth-order valence-electron chi connectivity index (χ4n) is 1.20. The van der Waals surface area contributed by atoms with E-state index in [1.54, 1.807) is 6.92 Å². The molecule has 0 bridgehead atoms. The summed E-state index contributed by atoms with van der Waals surface area (Å²) in [5.74, 6) is -0.841. The molecule has 0 N–H and O–H groups in total. The smallest absolute Gasteiger partial charge is 0.357 e. The van der Waals surface area contributed by atoms with Gasteiger partial charge in [0.15, 0.2) is 5.69 Å². The third-order valence-corrected chi connectivity index (χ3v) is 3.12. The molecule has 1 heterocycles. The van der Waals surface area contributed by atoms with Crippen LogP contribution < -0.4 is 0 Å². The summed E-state index contributed by atoms with van der Waals surface area (Å²) in [5, 5.41) is 0.363. The second-order valence-corrected chi connectivity index (χ2v) is 4.43. The third-order valence-electron chi connectivity index (χ3n) is 1.89. The number of nitrogens with zero attached hydrogens (tertiary/aromatic N) is 1. The highest BCUT2D eigenvalue weighted by molar-refractivity contribution is 9.10. The molecule has 0 saturated carbocycles. The Morgan fingerprint density at radius 3 is 2.71 bits per heavy atom. The zero-order valence-corrected chi connectivity index (χ0v) is 12.0. The minimum absolute atomic E-state index is 0.110. The topological polar surface area (TPSA) is 39.2 Å². The average Bonchev–Trinajstić information content (AvgIpc) is 2.27. The summed E-state index contributed by atoms with van der Waals surface area (Å²) in [6.07, 6.45) is -2.79. The molecule has 0 spiro atoms. The predicted octanol–water partition coefficient (Wildman–Crippen LogP) is 3.85. The third kappa shape index (κ3) is 3.45. The molecule has 0 atom stereocenters. The molecule has 0 fully saturated rings. The van der Waals surface area contributed by atoms with E-state index in [4.69, 9.17) is 4.74 Å². The van der Waals surface area contributed by atoms with Crippen LogP contribution >= 0.6 is 31.9 Å². The van der Waals surface area contributed by atoms with Crippen molar-refractivity contribution in [2.45, 2.75) is 18.7 Å². The molecule has 0 radical (unpaired) electrons. The van der Waals surface area contributed by atoms with Crippen LogP contribution in [0, 0.1) is 0 Å². The summed E-state index contributed by atoms with van der Waals surface area (Å²) >= 11 is 6.16. The number of halogens is 4. The summed E-state index contributed by atoms with van der Waals surface area (Å²) in [6, 6.07) is 1.44. The van der Waals surface area contributed by atoms with Crippen molar-refractivity contribution >= 4 is 37.8 Å². The Morgan fingerprint density at radius 2 is 2.24 bits per heavy atom. The van der Waals surface area contributed by atoms with Crippen LogP contribution in [0.2, 0.25) is 0 Å². The Hall–Kier alpha value is -0.560. The maximum absolute atomic E-state index is 12.8. The van der Waals surface area contributed by atoms with E-state index >= 15 is 0 Å². The van der Waals surface area contributed by atoms with Crippen LogP contribution in [0.15, 0.2) is 10.5 Å². The van der Waals surface area contributed by atoms with Crippen molar-refractivity contribution in [3.63, 3.8) is 0 Å². The summed E-state index contributed by atoms with van der Waals surface area (Å²) in [4.78, 5) is 15.4. The first-order chi connectivity index (χ1) is 8.01. The number of carbonyl (C=O) groups excluding carboxylic acids is 1.